The highest BCUT2D eigenvalue weighted by Gasteiger charge is 2.45. The molecule has 1 aromatic carbocycles. The van der Waals surface area contributed by atoms with E-state index in [9.17, 15) is 15.2 Å². The average Bonchev–Trinajstić information content (AvgIpc) is 2.41. The lowest BCUT2D eigenvalue weighted by Gasteiger charge is -2.45. The van der Waals surface area contributed by atoms with Crippen LogP contribution in [0.3, 0.4) is 0 Å². The molecule has 0 saturated heterocycles. The van der Waals surface area contributed by atoms with Crippen molar-refractivity contribution in [3.05, 3.63) is 34.4 Å². The molecule has 104 valence electrons. The van der Waals surface area contributed by atoms with Gasteiger partial charge in [0, 0.05) is 17.9 Å². The van der Waals surface area contributed by atoms with Gasteiger partial charge in [0.15, 0.2) is 0 Å². The monoisotopic (exact) mass is 282 g/mol. The van der Waals surface area contributed by atoms with Crippen LogP contribution >= 0.6 is 11.8 Å². The van der Waals surface area contributed by atoms with Crippen molar-refractivity contribution in [3.8, 4) is 0 Å². The SMILES string of the molecule is CCSC1CCC1(O)CNc1ccccc1[N+](=O)[O-]. The molecular formula is C13H18N2O3S. The number of benzene rings is 1. The third kappa shape index (κ3) is 3.01. The summed E-state index contributed by atoms with van der Waals surface area (Å²) in [4.78, 5) is 10.5. The van der Waals surface area contributed by atoms with Crippen LogP contribution in [0.4, 0.5) is 11.4 Å². The van der Waals surface area contributed by atoms with Gasteiger partial charge in [-0.05, 0) is 24.7 Å². The zero-order chi connectivity index (χ0) is 13.9. The summed E-state index contributed by atoms with van der Waals surface area (Å²) in [7, 11) is 0. The molecule has 1 saturated carbocycles. The van der Waals surface area contributed by atoms with Gasteiger partial charge in [0.25, 0.3) is 5.69 Å². The van der Waals surface area contributed by atoms with E-state index in [1.807, 2.05) is 0 Å². The summed E-state index contributed by atoms with van der Waals surface area (Å²) < 4.78 is 0. The summed E-state index contributed by atoms with van der Waals surface area (Å²) in [6.07, 6.45) is 1.76. The molecule has 19 heavy (non-hydrogen) atoms. The number of hydrogen-bond acceptors (Lipinski definition) is 5. The average molecular weight is 282 g/mol. The zero-order valence-electron chi connectivity index (χ0n) is 10.8. The van der Waals surface area contributed by atoms with Gasteiger partial charge in [-0.25, -0.2) is 0 Å². The Hall–Kier alpha value is -1.27. The molecule has 0 radical (unpaired) electrons. The van der Waals surface area contributed by atoms with Crippen molar-refractivity contribution in [1.82, 2.24) is 0 Å². The molecule has 2 unspecified atom stereocenters. The molecule has 5 nitrogen and oxygen atoms in total. The normalized spacial score (nSPS) is 25.7. The van der Waals surface area contributed by atoms with Gasteiger partial charge in [-0.15, -0.1) is 0 Å². The number of para-hydroxylation sites is 2. The van der Waals surface area contributed by atoms with E-state index in [1.165, 1.54) is 6.07 Å². The number of aliphatic hydroxyl groups is 1. The molecule has 2 N–H and O–H groups in total. The van der Waals surface area contributed by atoms with Crippen LogP contribution in [0.25, 0.3) is 0 Å². The number of hydrogen-bond donors (Lipinski definition) is 2. The van der Waals surface area contributed by atoms with Crippen LogP contribution in [0.5, 0.6) is 0 Å². The summed E-state index contributed by atoms with van der Waals surface area (Å²) in [6.45, 7) is 2.42. The molecule has 1 aliphatic rings. The molecule has 0 spiro atoms. The predicted molar refractivity (Wildman–Crippen MR) is 77.7 cm³/mol. The van der Waals surface area contributed by atoms with Crippen molar-refractivity contribution in [2.24, 2.45) is 0 Å². The second-order valence-corrected chi connectivity index (χ2v) is 6.19. The fourth-order valence-electron chi connectivity index (χ4n) is 2.27. The predicted octanol–water partition coefficient (Wildman–Crippen LogP) is 2.65. The highest BCUT2D eigenvalue weighted by molar-refractivity contribution is 8.00. The van der Waals surface area contributed by atoms with Gasteiger partial charge in [-0.3, -0.25) is 10.1 Å². The standard InChI is InChI=1S/C13H18N2O3S/c1-2-19-12-7-8-13(12,16)9-14-10-5-3-4-6-11(10)15(17)18/h3-6,12,14,16H,2,7-9H2,1H3. The summed E-state index contributed by atoms with van der Waals surface area (Å²) in [6, 6.07) is 6.52. The van der Waals surface area contributed by atoms with Gasteiger partial charge in [-0.2, -0.15) is 11.8 Å². The van der Waals surface area contributed by atoms with Crippen LogP contribution in [0, 0.1) is 10.1 Å². The number of rotatable bonds is 6. The molecule has 2 rings (SSSR count). The second-order valence-electron chi connectivity index (χ2n) is 4.71. The first-order valence-corrected chi connectivity index (χ1v) is 7.43. The van der Waals surface area contributed by atoms with Gasteiger partial charge >= 0.3 is 0 Å². The van der Waals surface area contributed by atoms with E-state index in [0.717, 1.165) is 18.6 Å². The van der Waals surface area contributed by atoms with Crippen molar-refractivity contribution < 1.29 is 10.0 Å². The number of nitro groups is 1. The van der Waals surface area contributed by atoms with Gasteiger partial charge in [-0.1, -0.05) is 19.1 Å². The largest absolute Gasteiger partial charge is 0.387 e. The number of anilines is 1. The fourth-order valence-corrected chi connectivity index (χ4v) is 3.47. The topological polar surface area (TPSA) is 75.4 Å². The maximum absolute atomic E-state index is 10.9. The maximum Gasteiger partial charge on any atom is 0.292 e. The van der Waals surface area contributed by atoms with Gasteiger partial charge in [0.05, 0.1) is 10.5 Å². The Balaban J connectivity index is 2.01. The quantitative estimate of drug-likeness (QED) is 0.619. The number of nitro benzene ring substituents is 1. The lowest BCUT2D eigenvalue weighted by atomic mass is 9.79. The summed E-state index contributed by atoms with van der Waals surface area (Å²) >= 11 is 1.75. The number of nitrogens with one attached hydrogen (secondary N) is 1. The first-order chi connectivity index (χ1) is 9.07. The molecule has 0 aliphatic heterocycles. The van der Waals surface area contributed by atoms with Crippen molar-refractivity contribution in [2.45, 2.75) is 30.6 Å². The van der Waals surface area contributed by atoms with E-state index in [1.54, 1.807) is 30.0 Å². The minimum Gasteiger partial charge on any atom is -0.387 e. The molecule has 0 amide bonds. The zero-order valence-corrected chi connectivity index (χ0v) is 11.7. The van der Waals surface area contributed by atoms with E-state index in [4.69, 9.17) is 0 Å². The Bertz CT molecular complexity index is 469. The minimum absolute atomic E-state index is 0.0464. The third-order valence-corrected chi connectivity index (χ3v) is 4.90. The summed E-state index contributed by atoms with van der Waals surface area (Å²) in [5.74, 6) is 0.971. The van der Waals surface area contributed by atoms with Crippen molar-refractivity contribution >= 4 is 23.1 Å². The molecule has 1 aromatic rings. The fraction of sp³-hybridized carbons (Fsp3) is 0.538. The molecule has 0 aromatic heterocycles. The van der Waals surface area contributed by atoms with E-state index < -0.39 is 10.5 Å². The lowest BCUT2D eigenvalue weighted by molar-refractivity contribution is -0.384. The number of nitrogens with zero attached hydrogens (tertiary/aromatic N) is 1. The first-order valence-electron chi connectivity index (χ1n) is 6.38. The van der Waals surface area contributed by atoms with E-state index in [0.29, 0.717) is 12.2 Å². The minimum atomic E-state index is -0.746. The van der Waals surface area contributed by atoms with Crippen LogP contribution in [-0.2, 0) is 0 Å². The highest BCUT2D eigenvalue weighted by Crippen LogP contribution is 2.41. The Morgan fingerprint density at radius 3 is 2.89 bits per heavy atom. The summed E-state index contributed by atoms with van der Waals surface area (Å²) in [5.41, 5.74) is -0.233. The van der Waals surface area contributed by atoms with Crippen LogP contribution in [-0.4, -0.2) is 33.2 Å². The van der Waals surface area contributed by atoms with Crippen molar-refractivity contribution in [1.29, 1.82) is 0 Å². The van der Waals surface area contributed by atoms with Crippen molar-refractivity contribution in [3.63, 3.8) is 0 Å². The highest BCUT2D eigenvalue weighted by atomic mass is 32.2. The Kier molecular flexibility index (Phi) is 4.31. The molecule has 1 fully saturated rings. The Morgan fingerprint density at radius 1 is 1.58 bits per heavy atom. The number of thioether (sulfide) groups is 1. The molecule has 2 atom stereocenters. The van der Waals surface area contributed by atoms with Gasteiger partial charge < -0.3 is 10.4 Å². The van der Waals surface area contributed by atoms with Crippen LogP contribution in [0.1, 0.15) is 19.8 Å². The Morgan fingerprint density at radius 2 is 2.32 bits per heavy atom. The van der Waals surface area contributed by atoms with E-state index >= 15 is 0 Å². The van der Waals surface area contributed by atoms with Gasteiger partial charge in [0.2, 0.25) is 0 Å². The molecule has 1 aliphatic carbocycles. The van der Waals surface area contributed by atoms with Crippen LogP contribution in [0.15, 0.2) is 24.3 Å². The smallest absolute Gasteiger partial charge is 0.292 e. The molecule has 0 heterocycles. The van der Waals surface area contributed by atoms with Crippen molar-refractivity contribution in [2.75, 3.05) is 17.6 Å². The maximum atomic E-state index is 10.9. The lowest BCUT2D eigenvalue weighted by Crippen LogP contribution is -2.54. The van der Waals surface area contributed by atoms with E-state index in [-0.39, 0.29) is 10.9 Å². The van der Waals surface area contributed by atoms with Crippen LogP contribution < -0.4 is 5.32 Å². The molecule has 0 bridgehead atoms. The molecule has 6 heteroatoms. The Labute approximate surface area is 116 Å². The summed E-state index contributed by atoms with van der Waals surface area (Å²) in [5, 5.41) is 24.6. The van der Waals surface area contributed by atoms with E-state index in [2.05, 4.69) is 12.2 Å². The first kappa shape index (κ1) is 14.1. The molecular weight excluding hydrogens is 264 g/mol. The third-order valence-electron chi connectivity index (χ3n) is 3.49. The second kappa shape index (κ2) is 5.79. The van der Waals surface area contributed by atoms with Crippen LogP contribution in [0.2, 0.25) is 0 Å². The van der Waals surface area contributed by atoms with Gasteiger partial charge in [0.1, 0.15) is 5.69 Å².